The molecular formula is C45H68N4O12S. The molecule has 16 nitrogen and oxygen atoms in total. The summed E-state index contributed by atoms with van der Waals surface area (Å²) in [6.45, 7) is 13.0. The summed E-state index contributed by atoms with van der Waals surface area (Å²) in [6, 6.07) is 9.13. The van der Waals surface area contributed by atoms with Gasteiger partial charge in [0.2, 0.25) is 10.0 Å². The molecule has 0 radical (unpaired) electrons. The molecule has 1 amide bonds. The van der Waals surface area contributed by atoms with Crippen LogP contribution >= 0.6 is 0 Å². The molecule has 0 aliphatic carbocycles. The molecule has 2 aromatic rings. The van der Waals surface area contributed by atoms with Gasteiger partial charge in [-0.3, -0.25) is 19.3 Å². The largest absolute Gasteiger partial charge is 0.458 e. The van der Waals surface area contributed by atoms with E-state index in [1.165, 1.54) is 25.0 Å². The number of rotatable bonds is 11. The Morgan fingerprint density at radius 2 is 1.58 bits per heavy atom. The van der Waals surface area contributed by atoms with Crippen molar-refractivity contribution in [3.63, 3.8) is 0 Å². The van der Waals surface area contributed by atoms with Crippen LogP contribution in [0.4, 0.5) is 10.5 Å². The van der Waals surface area contributed by atoms with Crippen LogP contribution in [0, 0.1) is 23.7 Å². The third-order valence-corrected chi connectivity index (χ3v) is 15.0. The number of likely N-dealkylation sites (N-methyl/N-ethyl adjacent to an activating group) is 1. The number of fused-ring (bicyclic) bond motifs is 2. The van der Waals surface area contributed by atoms with Crippen molar-refractivity contribution >= 4 is 50.1 Å². The summed E-state index contributed by atoms with van der Waals surface area (Å²) in [5, 5.41) is 12.7. The maximum Gasteiger partial charge on any atom is 0.410 e. The number of carbonyl (C=O) groups is 4. The molecule has 3 aliphatic rings. The number of aliphatic hydroxyl groups excluding tert-OH is 1. The molecule has 3 heterocycles. The molecule has 0 spiro atoms. The minimum absolute atomic E-state index is 0.0408. The van der Waals surface area contributed by atoms with E-state index in [0.717, 1.165) is 11.1 Å². The Balaban J connectivity index is 1.50. The number of nitrogens with zero attached hydrogens (tertiary/aromatic N) is 3. The lowest BCUT2D eigenvalue weighted by Crippen LogP contribution is -2.60. The van der Waals surface area contributed by atoms with E-state index in [-0.39, 0.29) is 48.8 Å². The van der Waals surface area contributed by atoms with Gasteiger partial charge < -0.3 is 38.6 Å². The normalized spacial score (nSPS) is 35.4. The third-order valence-electron chi connectivity index (χ3n) is 13.4. The topological polar surface area (TPSA) is 191 Å². The van der Waals surface area contributed by atoms with E-state index in [1.54, 1.807) is 59.7 Å². The molecule has 0 aromatic heterocycles. The standard InChI is InChI=1S/C45H68N4O12S/c1-14-35-45(8)39(49(43(54)61-45)22-21-46-62(55,56)34-20-16-17-30-31(34)18-15-19-32(30)47(9)10)27(4)36(50)25(2)24-44(7,57-13)40(28(5)37(51)29(6)41(53)59-35)60-42-38(52)33(48(11)12)23-26(3)58-42/h15-20,25-29,33,35,38-40,42,46,52H,14,21-24H2,1-13H3/t25-,26-,27-,28-,29-,33+,35+,38-,39+,40-,42+,44-,45-/m1/s1. The lowest BCUT2D eigenvalue weighted by atomic mass is 9.73. The van der Waals surface area contributed by atoms with Gasteiger partial charge in [0.05, 0.1) is 28.7 Å². The predicted octanol–water partition coefficient (Wildman–Crippen LogP) is 4.39. The summed E-state index contributed by atoms with van der Waals surface area (Å²) in [6.07, 6.45) is -4.84. The van der Waals surface area contributed by atoms with Crippen LogP contribution in [0.2, 0.25) is 0 Å². The number of ether oxygens (including phenoxy) is 5. The molecule has 2 N–H and O–H groups in total. The predicted molar refractivity (Wildman–Crippen MR) is 233 cm³/mol. The van der Waals surface area contributed by atoms with E-state index < -0.39 is 93.4 Å². The fourth-order valence-electron chi connectivity index (χ4n) is 9.98. The number of hydrogen-bond acceptors (Lipinski definition) is 14. The maximum atomic E-state index is 14.8. The van der Waals surface area contributed by atoms with E-state index in [1.807, 2.05) is 57.0 Å². The number of nitrogens with one attached hydrogen (secondary N) is 1. The SMILES string of the molecule is CC[C@@H]1OC(=O)[C@H](C)C(=O)[C@@H](C)[C@@H](O[C@@H]2O[C@H](C)C[C@H](N(C)C)[C@H]2O)[C@](C)(OC)C[C@@H](C)C(=O)[C@@H](C)[C@@H]2N(CCNS(=O)(=O)c3cccc4c(N(C)C)cccc34)C(=O)O[C@]12C. The minimum Gasteiger partial charge on any atom is -0.458 e. The number of ketones is 2. The molecule has 0 unspecified atom stereocenters. The Hall–Kier alpha value is -3.71. The van der Waals surface area contributed by atoms with Crippen LogP contribution in [0.5, 0.6) is 0 Å². The Morgan fingerprint density at radius 3 is 2.19 bits per heavy atom. The number of methoxy groups -OCH3 is 1. The zero-order valence-corrected chi connectivity index (χ0v) is 39.4. The highest BCUT2D eigenvalue weighted by molar-refractivity contribution is 7.89. The molecule has 3 fully saturated rings. The van der Waals surface area contributed by atoms with Gasteiger partial charge in [-0.2, -0.15) is 0 Å². The van der Waals surface area contributed by atoms with Gasteiger partial charge in [-0.15, -0.1) is 0 Å². The number of benzene rings is 2. The third kappa shape index (κ3) is 9.54. The van der Waals surface area contributed by atoms with Crippen molar-refractivity contribution in [2.45, 2.75) is 134 Å². The Kier molecular flexibility index (Phi) is 15.3. The molecule has 62 heavy (non-hydrogen) atoms. The highest BCUT2D eigenvalue weighted by Crippen LogP contribution is 2.43. The molecule has 346 valence electrons. The van der Waals surface area contributed by atoms with Crippen LogP contribution in [0.25, 0.3) is 10.8 Å². The Morgan fingerprint density at radius 1 is 0.935 bits per heavy atom. The average Bonchev–Trinajstić information content (AvgIpc) is 3.48. The van der Waals surface area contributed by atoms with Crippen LogP contribution in [-0.4, -0.2) is 149 Å². The minimum atomic E-state index is -4.11. The van der Waals surface area contributed by atoms with E-state index >= 15 is 0 Å². The van der Waals surface area contributed by atoms with Crippen molar-refractivity contribution in [1.82, 2.24) is 14.5 Å². The van der Waals surface area contributed by atoms with E-state index in [9.17, 15) is 32.7 Å². The van der Waals surface area contributed by atoms with Crippen molar-refractivity contribution in [2.75, 3.05) is 53.3 Å². The van der Waals surface area contributed by atoms with Gasteiger partial charge in [0, 0.05) is 74.6 Å². The fourth-order valence-corrected chi connectivity index (χ4v) is 11.2. The summed E-state index contributed by atoms with van der Waals surface area (Å²) in [4.78, 5) is 62.3. The van der Waals surface area contributed by atoms with Gasteiger partial charge in [0.15, 0.2) is 17.7 Å². The molecule has 13 atom stereocenters. The van der Waals surface area contributed by atoms with Crippen molar-refractivity contribution in [3.8, 4) is 0 Å². The Labute approximate surface area is 366 Å². The first-order chi connectivity index (χ1) is 28.9. The molecule has 3 aliphatic heterocycles. The number of cyclic esters (lactones) is 1. The summed E-state index contributed by atoms with van der Waals surface area (Å²) in [7, 11) is 4.79. The summed E-state index contributed by atoms with van der Waals surface area (Å²) >= 11 is 0. The first-order valence-electron chi connectivity index (χ1n) is 21.6. The number of amides is 1. The number of esters is 1. The number of sulfonamides is 1. The zero-order valence-electron chi connectivity index (χ0n) is 38.5. The zero-order chi connectivity index (χ0) is 46.2. The molecule has 5 rings (SSSR count). The van der Waals surface area contributed by atoms with Crippen molar-refractivity contribution in [1.29, 1.82) is 0 Å². The second kappa shape index (κ2) is 19.2. The van der Waals surface area contributed by atoms with Crippen molar-refractivity contribution in [3.05, 3.63) is 36.4 Å². The highest BCUT2D eigenvalue weighted by Gasteiger charge is 2.60. The van der Waals surface area contributed by atoms with E-state index in [4.69, 9.17) is 23.7 Å². The lowest BCUT2D eigenvalue weighted by Gasteiger charge is -2.47. The van der Waals surface area contributed by atoms with Gasteiger partial charge in [0.1, 0.15) is 23.9 Å². The van der Waals surface area contributed by atoms with Crippen molar-refractivity contribution < 1.29 is 56.4 Å². The van der Waals surface area contributed by atoms with Gasteiger partial charge in [-0.25, -0.2) is 17.9 Å². The van der Waals surface area contributed by atoms with E-state index in [2.05, 4.69) is 4.72 Å². The summed E-state index contributed by atoms with van der Waals surface area (Å²) in [5.41, 5.74) is -2.09. The molecule has 0 bridgehead atoms. The Bertz CT molecular complexity index is 2080. The van der Waals surface area contributed by atoms with Crippen LogP contribution in [0.3, 0.4) is 0 Å². The quantitative estimate of drug-likeness (QED) is 0.239. The average molecular weight is 889 g/mol. The van der Waals surface area contributed by atoms with Gasteiger partial charge in [-0.05, 0) is 73.2 Å². The highest BCUT2D eigenvalue weighted by atomic mass is 32.2. The first kappa shape index (κ1) is 49.3. The second-order valence-corrected chi connectivity index (χ2v) is 20.0. The van der Waals surface area contributed by atoms with E-state index in [0.29, 0.717) is 11.8 Å². The second-order valence-electron chi connectivity index (χ2n) is 18.3. The molecule has 3 saturated heterocycles. The molecule has 0 saturated carbocycles. The summed E-state index contributed by atoms with van der Waals surface area (Å²) in [5.74, 6) is -5.65. The molecule has 2 aromatic carbocycles. The number of anilines is 1. The summed E-state index contributed by atoms with van der Waals surface area (Å²) < 4.78 is 61.5. The van der Waals surface area contributed by atoms with Gasteiger partial charge in [-0.1, -0.05) is 52.0 Å². The number of aliphatic hydroxyl groups is 1. The maximum absolute atomic E-state index is 14.8. The number of hydrogen-bond donors (Lipinski definition) is 2. The van der Waals surface area contributed by atoms with Gasteiger partial charge >= 0.3 is 12.1 Å². The van der Waals surface area contributed by atoms with Crippen LogP contribution in [0.1, 0.15) is 74.7 Å². The van der Waals surface area contributed by atoms with Crippen molar-refractivity contribution in [2.24, 2.45) is 23.7 Å². The first-order valence-corrected chi connectivity index (χ1v) is 23.1. The molecule has 17 heteroatoms. The number of Topliss-reactive ketones (excluding diaryl/α,β-unsaturated/α-hetero) is 2. The smallest absolute Gasteiger partial charge is 0.410 e. The van der Waals surface area contributed by atoms with Crippen LogP contribution < -0.4 is 9.62 Å². The lowest BCUT2D eigenvalue weighted by molar-refractivity contribution is -0.295. The van der Waals surface area contributed by atoms with Gasteiger partial charge in [0.25, 0.3) is 0 Å². The number of carbonyl (C=O) groups excluding carboxylic acids is 4. The monoisotopic (exact) mass is 888 g/mol. The molecular weight excluding hydrogens is 821 g/mol. The van der Waals surface area contributed by atoms with Crippen LogP contribution in [0.15, 0.2) is 41.3 Å². The van der Waals surface area contributed by atoms with Crippen LogP contribution in [-0.2, 0) is 48.1 Å². The fraction of sp³-hybridized carbons (Fsp3) is 0.689.